The predicted molar refractivity (Wildman–Crippen MR) is 135 cm³/mol. The first-order valence-electron chi connectivity index (χ1n) is 11.0. The molecule has 0 bridgehead atoms. The number of nitriles is 1. The van der Waals surface area contributed by atoms with Crippen molar-refractivity contribution in [3.8, 4) is 11.1 Å². The van der Waals surface area contributed by atoms with E-state index < -0.39 is 5.92 Å². The van der Waals surface area contributed by atoms with Crippen molar-refractivity contribution in [1.82, 2.24) is 14.8 Å². The van der Waals surface area contributed by atoms with Gasteiger partial charge in [-0.1, -0.05) is 18.7 Å². The molecule has 0 radical (unpaired) electrons. The minimum atomic E-state index is -0.642. The van der Waals surface area contributed by atoms with E-state index in [0.29, 0.717) is 15.0 Å². The van der Waals surface area contributed by atoms with E-state index in [1.54, 1.807) is 11.3 Å². The number of nitrogens with one attached hydrogen (secondary N) is 1. The summed E-state index contributed by atoms with van der Waals surface area (Å²) in [5, 5.41) is 29.4. The second-order valence-electron chi connectivity index (χ2n) is 8.32. The third-order valence-electron chi connectivity index (χ3n) is 6.24. The zero-order valence-corrected chi connectivity index (χ0v) is 21.1. The lowest BCUT2D eigenvalue weighted by Gasteiger charge is -2.10. The first-order chi connectivity index (χ1) is 15.9. The molecule has 0 saturated carbocycles. The van der Waals surface area contributed by atoms with E-state index >= 15 is 0 Å². The van der Waals surface area contributed by atoms with Crippen LogP contribution in [0.2, 0.25) is 0 Å². The third kappa shape index (κ3) is 3.70. The van der Waals surface area contributed by atoms with Gasteiger partial charge in [0.1, 0.15) is 27.0 Å². The fourth-order valence-electron chi connectivity index (χ4n) is 4.55. The summed E-state index contributed by atoms with van der Waals surface area (Å²) < 4.78 is 2.15. The molecule has 1 aliphatic heterocycles. The highest BCUT2D eigenvalue weighted by Crippen LogP contribution is 2.43. The Balaban J connectivity index is 1.52. The van der Waals surface area contributed by atoms with Crippen LogP contribution in [0.4, 0.5) is 0 Å². The van der Waals surface area contributed by atoms with Crippen molar-refractivity contribution < 1.29 is 4.79 Å². The molecular formula is C24H23N5OS3. The predicted octanol–water partition coefficient (Wildman–Crippen LogP) is 5.74. The maximum atomic E-state index is 13.2. The lowest BCUT2D eigenvalue weighted by Crippen LogP contribution is -2.11. The molecule has 0 amide bonds. The molecule has 1 N–H and O–H groups in total. The number of ketones is 1. The molecule has 4 heterocycles. The summed E-state index contributed by atoms with van der Waals surface area (Å²) in [6.45, 7) is 6.07. The van der Waals surface area contributed by atoms with E-state index in [1.807, 2.05) is 26.8 Å². The molecule has 1 fully saturated rings. The Morgan fingerprint density at radius 1 is 1.27 bits per heavy atom. The van der Waals surface area contributed by atoms with Crippen LogP contribution in [0.1, 0.15) is 68.7 Å². The van der Waals surface area contributed by atoms with Crippen LogP contribution in [0.25, 0.3) is 11.1 Å². The van der Waals surface area contributed by atoms with Crippen molar-refractivity contribution in [2.24, 2.45) is 0 Å². The molecule has 0 spiro atoms. The standard InChI is InChI=1S/C24H23N5OS3/c1-4-19-27-28-23(33-19)20-21(30)18(31-22(20)26)10-14-9-12(2)29(13(14)3)24-16(11-25)15-7-5-6-8-17(15)32-24/h9-10,20,26H,4-8H2,1-3H3/b18-10-,26-22?/t20-/m0/s1. The number of hydrogen-bond donors (Lipinski definition) is 1. The molecule has 1 saturated heterocycles. The van der Waals surface area contributed by atoms with Crippen LogP contribution >= 0.6 is 34.4 Å². The van der Waals surface area contributed by atoms with Gasteiger partial charge in [-0.25, -0.2) is 0 Å². The number of hydrogen-bond acceptors (Lipinski definition) is 8. The maximum Gasteiger partial charge on any atom is 0.186 e. The van der Waals surface area contributed by atoms with Gasteiger partial charge in [-0.05, 0) is 69.2 Å². The minimum absolute atomic E-state index is 0.0853. The number of carbonyl (C=O) groups is 1. The van der Waals surface area contributed by atoms with E-state index in [4.69, 9.17) is 5.41 Å². The topological polar surface area (TPSA) is 95.4 Å². The number of Topliss-reactive ketones (excluding diaryl/α,β-unsaturated/α-hetero) is 1. The molecule has 2 aliphatic rings. The molecule has 6 nitrogen and oxygen atoms in total. The minimum Gasteiger partial charge on any atom is -0.308 e. The number of rotatable bonds is 4. The monoisotopic (exact) mass is 493 g/mol. The highest BCUT2D eigenvalue weighted by molar-refractivity contribution is 8.19. The molecule has 1 atom stereocenters. The van der Waals surface area contributed by atoms with Gasteiger partial charge >= 0.3 is 0 Å². The quantitative estimate of drug-likeness (QED) is 0.468. The van der Waals surface area contributed by atoms with Gasteiger partial charge in [0.2, 0.25) is 0 Å². The maximum absolute atomic E-state index is 13.2. The summed E-state index contributed by atoms with van der Waals surface area (Å²) in [7, 11) is 0. The van der Waals surface area contributed by atoms with Gasteiger partial charge in [0.25, 0.3) is 0 Å². The summed E-state index contributed by atoms with van der Waals surface area (Å²) in [5.74, 6) is -0.727. The Hall–Kier alpha value is -2.54. The van der Waals surface area contributed by atoms with Crippen LogP contribution in [-0.4, -0.2) is 25.6 Å². The number of aryl methyl sites for hydroxylation is 3. The number of thiophene rings is 1. The van der Waals surface area contributed by atoms with Crippen LogP contribution in [0.5, 0.6) is 0 Å². The van der Waals surface area contributed by atoms with Gasteiger partial charge in [0, 0.05) is 16.3 Å². The summed E-state index contributed by atoms with van der Waals surface area (Å²) in [5.41, 5.74) is 5.00. The molecule has 0 aromatic carbocycles. The summed E-state index contributed by atoms with van der Waals surface area (Å²) in [6, 6.07) is 4.52. The Morgan fingerprint density at radius 2 is 2.06 bits per heavy atom. The van der Waals surface area contributed by atoms with Crippen LogP contribution in [0.3, 0.4) is 0 Å². The molecule has 3 aromatic heterocycles. The Morgan fingerprint density at radius 3 is 2.79 bits per heavy atom. The van der Waals surface area contributed by atoms with Crippen LogP contribution in [0.15, 0.2) is 11.0 Å². The van der Waals surface area contributed by atoms with Crippen molar-refractivity contribution in [2.75, 3.05) is 0 Å². The number of nitrogens with zero attached hydrogens (tertiary/aromatic N) is 4. The lowest BCUT2D eigenvalue weighted by molar-refractivity contribution is -0.114. The average Bonchev–Trinajstić information content (AvgIpc) is 3.53. The van der Waals surface area contributed by atoms with Crippen LogP contribution < -0.4 is 0 Å². The van der Waals surface area contributed by atoms with Gasteiger partial charge in [-0.15, -0.1) is 32.9 Å². The Bertz CT molecular complexity index is 1370. The number of fused-ring (bicyclic) bond motifs is 1. The highest BCUT2D eigenvalue weighted by atomic mass is 32.2. The van der Waals surface area contributed by atoms with Crippen molar-refractivity contribution in [3.63, 3.8) is 0 Å². The highest BCUT2D eigenvalue weighted by Gasteiger charge is 2.39. The zero-order valence-electron chi connectivity index (χ0n) is 18.7. The fourth-order valence-corrected chi connectivity index (χ4v) is 7.95. The number of carbonyl (C=O) groups excluding carboxylic acids is 1. The molecule has 33 heavy (non-hydrogen) atoms. The van der Waals surface area contributed by atoms with Gasteiger partial charge in [0.05, 0.1) is 15.5 Å². The normalized spacial score (nSPS) is 19.3. The first-order valence-corrected chi connectivity index (χ1v) is 13.5. The lowest BCUT2D eigenvalue weighted by atomic mass is 9.96. The van der Waals surface area contributed by atoms with Crippen molar-refractivity contribution >= 4 is 51.3 Å². The van der Waals surface area contributed by atoms with Gasteiger partial charge in [-0.3, -0.25) is 10.2 Å². The summed E-state index contributed by atoms with van der Waals surface area (Å²) >= 11 is 4.35. The van der Waals surface area contributed by atoms with Gasteiger partial charge < -0.3 is 4.57 Å². The molecule has 1 aliphatic carbocycles. The molecule has 168 valence electrons. The van der Waals surface area contributed by atoms with E-state index in [1.165, 1.54) is 40.0 Å². The SMILES string of the molecule is CCc1nnc([C@@H]2C(=N)S/C(=C\c3cc(C)n(-c4sc5c(c4C#N)CCCC5)c3C)C2=O)s1. The number of allylic oxidation sites excluding steroid dienone is 1. The smallest absolute Gasteiger partial charge is 0.186 e. The number of thioether (sulfide) groups is 1. The molecular weight excluding hydrogens is 470 g/mol. The first kappa shape index (κ1) is 22.3. The van der Waals surface area contributed by atoms with E-state index in [2.05, 4.69) is 26.9 Å². The van der Waals surface area contributed by atoms with Crippen molar-refractivity contribution in [2.45, 2.75) is 58.8 Å². The third-order valence-corrected chi connectivity index (χ3v) is 9.65. The van der Waals surface area contributed by atoms with E-state index in [9.17, 15) is 10.1 Å². The zero-order chi connectivity index (χ0) is 23.3. The molecule has 0 unspecified atom stereocenters. The largest absolute Gasteiger partial charge is 0.308 e. The summed E-state index contributed by atoms with van der Waals surface area (Å²) in [6.07, 6.45) is 7.00. The average molecular weight is 494 g/mol. The van der Waals surface area contributed by atoms with Gasteiger partial charge in [-0.2, -0.15) is 5.26 Å². The van der Waals surface area contributed by atoms with Crippen LogP contribution in [-0.2, 0) is 24.1 Å². The molecule has 9 heteroatoms. The molecule has 3 aromatic rings. The van der Waals surface area contributed by atoms with Crippen molar-refractivity contribution in [1.29, 1.82) is 10.7 Å². The van der Waals surface area contributed by atoms with Gasteiger partial charge in [0.15, 0.2) is 5.78 Å². The van der Waals surface area contributed by atoms with Crippen LogP contribution in [0, 0.1) is 30.6 Å². The van der Waals surface area contributed by atoms with E-state index in [-0.39, 0.29) is 5.78 Å². The Labute approximate surface area is 204 Å². The Kier molecular flexibility index (Phi) is 5.85. The fraction of sp³-hybridized carbons (Fsp3) is 0.375. The van der Waals surface area contributed by atoms with E-state index in [0.717, 1.165) is 58.2 Å². The second-order valence-corrected chi connectivity index (χ2v) is 11.6. The second kappa shape index (κ2) is 8.67. The van der Waals surface area contributed by atoms with Crippen molar-refractivity contribution in [3.05, 3.63) is 53.9 Å². The molecule has 5 rings (SSSR count). The number of aromatic nitrogens is 3. The summed E-state index contributed by atoms with van der Waals surface area (Å²) in [4.78, 5) is 15.1.